The summed E-state index contributed by atoms with van der Waals surface area (Å²) in [4.78, 5) is 24.2. The smallest absolute Gasteiger partial charge is 0.290 e. The molecule has 0 spiro atoms. The van der Waals surface area contributed by atoms with Gasteiger partial charge in [-0.3, -0.25) is 9.59 Å². The molecule has 1 heterocycles. The lowest BCUT2D eigenvalue weighted by atomic mass is 10.0. The van der Waals surface area contributed by atoms with Gasteiger partial charge in [-0.1, -0.05) is 0 Å². The normalized spacial score (nSPS) is 23.7. The number of amides is 1. The van der Waals surface area contributed by atoms with E-state index in [1.807, 2.05) is 0 Å². The molecule has 1 amide bonds. The average molecular weight is 211 g/mol. The highest BCUT2D eigenvalue weighted by Gasteiger charge is 2.45. The van der Waals surface area contributed by atoms with E-state index in [1.54, 1.807) is 12.0 Å². The summed E-state index contributed by atoms with van der Waals surface area (Å²) in [6, 6.07) is 0. The quantitative estimate of drug-likeness (QED) is 0.626. The number of carbonyl (C=O) groups excluding carboxylic acids is 2. The first-order valence-corrected chi connectivity index (χ1v) is 5.48. The lowest BCUT2D eigenvalue weighted by molar-refractivity contribution is -0.140. The highest BCUT2D eigenvalue weighted by molar-refractivity contribution is 6.37. The topological polar surface area (TPSA) is 46.6 Å². The van der Waals surface area contributed by atoms with E-state index < -0.39 is 0 Å². The molecule has 0 radical (unpaired) electrons. The van der Waals surface area contributed by atoms with Crippen molar-refractivity contribution >= 4 is 11.7 Å². The Morgan fingerprint density at radius 2 is 2.13 bits per heavy atom. The maximum absolute atomic E-state index is 11.4. The summed E-state index contributed by atoms with van der Waals surface area (Å²) >= 11 is 0. The number of carbonyl (C=O) groups is 2. The van der Waals surface area contributed by atoms with Gasteiger partial charge in [0, 0.05) is 33.2 Å². The number of hydrogen-bond acceptors (Lipinski definition) is 3. The fraction of sp³-hybridized carbons (Fsp3) is 0.818. The number of methoxy groups -OCH3 is 1. The molecule has 1 aliphatic heterocycles. The molecule has 84 valence electrons. The molecule has 1 aliphatic carbocycles. The zero-order valence-electron chi connectivity index (χ0n) is 9.12. The lowest BCUT2D eigenvalue weighted by Gasteiger charge is -2.22. The Bertz CT molecular complexity index is 284. The molecule has 15 heavy (non-hydrogen) atoms. The van der Waals surface area contributed by atoms with E-state index in [0.717, 1.165) is 32.4 Å². The van der Waals surface area contributed by atoms with Gasteiger partial charge in [-0.15, -0.1) is 0 Å². The van der Waals surface area contributed by atoms with Gasteiger partial charge in [-0.25, -0.2) is 0 Å². The molecule has 0 aromatic rings. The highest BCUT2D eigenvalue weighted by Crippen LogP contribution is 2.49. The van der Waals surface area contributed by atoms with E-state index in [0.29, 0.717) is 13.0 Å². The molecule has 0 atom stereocenters. The summed E-state index contributed by atoms with van der Waals surface area (Å²) in [5.74, 6) is -0.503. The van der Waals surface area contributed by atoms with E-state index in [9.17, 15) is 9.59 Å². The third-order valence-corrected chi connectivity index (χ3v) is 3.45. The van der Waals surface area contributed by atoms with E-state index in [1.165, 1.54) is 0 Å². The number of rotatable bonds is 5. The molecule has 4 nitrogen and oxygen atoms in total. The van der Waals surface area contributed by atoms with Crippen LogP contribution in [0.2, 0.25) is 0 Å². The molecule has 0 N–H and O–H groups in total. The molecule has 1 saturated carbocycles. The second-order valence-electron chi connectivity index (χ2n) is 4.64. The fourth-order valence-corrected chi connectivity index (χ4v) is 2.16. The number of hydrogen-bond donors (Lipinski definition) is 0. The van der Waals surface area contributed by atoms with Crippen molar-refractivity contribution in [3.8, 4) is 0 Å². The summed E-state index contributed by atoms with van der Waals surface area (Å²) < 4.78 is 5.06. The molecule has 4 heteroatoms. The van der Waals surface area contributed by atoms with Gasteiger partial charge in [0.15, 0.2) is 0 Å². The standard InChI is InChI=1S/C11H17NO3/c1-15-7-5-11(3-4-11)8-12-6-2-9(13)10(12)14/h2-8H2,1H3. The van der Waals surface area contributed by atoms with Gasteiger partial charge in [-0.05, 0) is 24.7 Å². The number of ketones is 1. The van der Waals surface area contributed by atoms with Crippen LogP contribution < -0.4 is 0 Å². The van der Waals surface area contributed by atoms with Crippen LogP contribution in [-0.4, -0.2) is 43.4 Å². The van der Waals surface area contributed by atoms with Gasteiger partial charge in [0.1, 0.15) is 0 Å². The minimum absolute atomic E-state index is 0.224. The maximum Gasteiger partial charge on any atom is 0.290 e. The van der Waals surface area contributed by atoms with Crippen molar-refractivity contribution in [1.82, 2.24) is 4.90 Å². The van der Waals surface area contributed by atoms with Crippen LogP contribution in [-0.2, 0) is 14.3 Å². The predicted molar refractivity (Wildman–Crippen MR) is 54.4 cm³/mol. The largest absolute Gasteiger partial charge is 0.385 e. The summed E-state index contributed by atoms with van der Waals surface area (Å²) in [5.41, 5.74) is 0.260. The number of likely N-dealkylation sites (tertiary alicyclic amines) is 1. The van der Waals surface area contributed by atoms with Gasteiger partial charge in [0.25, 0.3) is 5.91 Å². The van der Waals surface area contributed by atoms with Crippen LogP contribution in [0.15, 0.2) is 0 Å². The second-order valence-corrected chi connectivity index (χ2v) is 4.64. The molecule has 0 aromatic heterocycles. The second kappa shape index (κ2) is 3.93. The Hall–Kier alpha value is -0.900. The van der Waals surface area contributed by atoms with Gasteiger partial charge in [0.2, 0.25) is 5.78 Å². The molecule has 0 bridgehead atoms. The van der Waals surface area contributed by atoms with Crippen LogP contribution in [0, 0.1) is 5.41 Å². The van der Waals surface area contributed by atoms with Crippen molar-refractivity contribution in [2.24, 2.45) is 5.41 Å². The monoisotopic (exact) mass is 211 g/mol. The number of nitrogens with zero attached hydrogens (tertiary/aromatic N) is 1. The Labute approximate surface area is 89.6 Å². The SMILES string of the molecule is COCCC1(CN2CCC(=O)C2=O)CC1. The molecule has 0 aromatic carbocycles. The molecule has 0 unspecified atom stereocenters. The summed E-state index contributed by atoms with van der Waals surface area (Å²) in [6.07, 6.45) is 3.73. The van der Waals surface area contributed by atoms with Crippen molar-refractivity contribution in [3.05, 3.63) is 0 Å². The average Bonchev–Trinajstić information content (AvgIpc) is 2.93. The summed E-state index contributed by atoms with van der Waals surface area (Å²) in [5, 5.41) is 0. The minimum atomic E-state index is -0.279. The Balaban J connectivity index is 1.86. The molecule has 2 aliphatic rings. The van der Waals surface area contributed by atoms with E-state index >= 15 is 0 Å². The lowest BCUT2D eigenvalue weighted by Crippen LogP contribution is -2.33. The van der Waals surface area contributed by atoms with Gasteiger partial charge < -0.3 is 9.64 Å². The van der Waals surface area contributed by atoms with Crippen LogP contribution in [0.5, 0.6) is 0 Å². The van der Waals surface area contributed by atoms with Crippen LogP contribution >= 0.6 is 0 Å². The molecule has 1 saturated heterocycles. The fourth-order valence-electron chi connectivity index (χ4n) is 2.16. The first kappa shape index (κ1) is 10.6. The minimum Gasteiger partial charge on any atom is -0.385 e. The molecular weight excluding hydrogens is 194 g/mol. The zero-order chi connectivity index (χ0) is 10.9. The highest BCUT2D eigenvalue weighted by atomic mass is 16.5. The van der Waals surface area contributed by atoms with Crippen molar-refractivity contribution < 1.29 is 14.3 Å². The van der Waals surface area contributed by atoms with Crippen LogP contribution in [0.3, 0.4) is 0 Å². The molecule has 2 fully saturated rings. The third kappa shape index (κ3) is 2.20. The molecule has 2 rings (SSSR count). The molecular formula is C11H17NO3. The van der Waals surface area contributed by atoms with Crippen molar-refractivity contribution in [3.63, 3.8) is 0 Å². The van der Waals surface area contributed by atoms with Crippen LogP contribution in [0.25, 0.3) is 0 Å². The van der Waals surface area contributed by atoms with Crippen molar-refractivity contribution in [1.29, 1.82) is 0 Å². The number of ether oxygens (including phenoxy) is 1. The van der Waals surface area contributed by atoms with Gasteiger partial charge >= 0.3 is 0 Å². The summed E-state index contributed by atoms with van der Waals surface area (Å²) in [6.45, 7) is 2.11. The Morgan fingerprint density at radius 3 is 2.60 bits per heavy atom. The maximum atomic E-state index is 11.4. The van der Waals surface area contributed by atoms with Crippen molar-refractivity contribution in [2.75, 3.05) is 26.8 Å². The van der Waals surface area contributed by atoms with Crippen LogP contribution in [0.4, 0.5) is 0 Å². The third-order valence-electron chi connectivity index (χ3n) is 3.45. The first-order chi connectivity index (χ1) is 7.17. The van der Waals surface area contributed by atoms with Crippen molar-refractivity contribution in [2.45, 2.75) is 25.7 Å². The van der Waals surface area contributed by atoms with Gasteiger partial charge in [-0.2, -0.15) is 0 Å². The van der Waals surface area contributed by atoms with E-state index in [4.69, 9.17) is 4.74 Å². The summed E-state index contributed by atoms with van der Waals surface area (Å²) in [7, 11) is 1.70. The van der Waals surface area contributed by atoms with E-state index in [2.05, 4.69) is 0 Å². The number of Topliss-reactive ketones (excluding diaryl/α,β-unsaturated/α-hetero) is 1. The van der Waals surface area contributed by atoms with Gasteiger partial charge in [0.05, 0.1) is 0 Å². The van der Waals surface area contributed by atoms with E-state index in [-0.39, 0.29) is 17.1 Å². The van der Waals surface area contributed by atoms with Crippen LogP contribution in [0.1, 0.15) is 25.7 Å². The Kier molecular flexibility index (Phi) is 2.78. The Morgan fingerprint density at radius 1 is 1.40 bits per heavy atom. The predicted octanol–water partition coefficient (Wildman–Crippen LogP) is 0.605. The zero-order valence-corrected chi connectivity index (χ0v) is 9.12. The first-order valence-electron chi connectivity index (χ1n) is 5.48.